The van der Waals surface area contributed by atoms with Gasteiger partial charge in [-0.3, -0.25) is 0 Å². The largest absolute Gasteiger partial charge is 0.399 e. The predicted octanol–water partition coefficient (Wildman–Crippen LogP) is 3.21. The molecule has 13 heavy (non-hydrogen) atoms. The van der Waals surface area contributed by atoms with E-state index in [1.165, 1.54) is 24.8 Å². The van der Waals surface area contributed by atoms with Crippen molar-refractivity contribution in [2.75, 3.05) is 5.73 Å². The van der Waals surface area contributed by atoms with Crippen molar-refractivity contribution in [3.05, 3.63) is 36.8 Å². The van der Waals surface area contributed by atoms with Gasteiger partial charge in [0.05, 0.1) is 0 Å². The summed E-state index contributed by atoms with van der Waals surface area (Å²) in [5, 5.41) is 0. The molecule has 1 nitrogen and oxygen atoms in total. The number of aryl methyl sites for hydroxylation is 1. The molecule has 0 spiro atoms. The topological polar surface area (TPSA) is 26.0 Å². The first-order valence-corrected chi connectivity index (χ1v) is 4.96. The van der Waals surface area contributed by atoms with E-state index in [1.807, 2.05) is 12.1 Å². The molecule has 0 atom stereocenters. The van der Waals surface area contributed by atoms with Gasteiger partial charge in [0.25, 0.3) is 0 Å². The van der Waals surface area contributed by atoms with Crippen LogP contribution in [-0.4, -0.2) is 0 Å². The fraction of sp³-hybridized carbons (Fsp3) is 0.417. The minimum Gasteiger partial charge on any atom is -0.399 e. The number of unbranched alkanes of at least 4 members (excludes halogenated alkanes) is 3. The van der Waals surface area contributed by atoms with Crippen LogP contribution in [0.3, 0.4) is 0 Å². The Labute approximate surface area is 81.0 Å². The molecule has 0 saturated heterocycles. The fourth-order valence-electron chi connectivity index (χ4n) is 1.43. The summed E-state index contributed by atoms with van der Waals surface area (Å²) in [6.45, 7) is 3.82. The van der Waals surface area contributed by atoms with Crippen LogP contribution in [0, 0.1) is 6.92 Å². The third kappa shape index (κ3) is 3.97. The Morgan fingerprint density at radius 1 is 1.15 bits per heavy atom. The molecule has 0 heterocycles. The Balaban J connectivity index is 2.28. The highest BCUT2D eigenvalue weighted by molar-refractivity contribution is 5.40. The van der Waals surface area contributed by atoms with Crippen molar-refractivity contribution in [2.24, 2.45) is 0 Å². The van der Waals surface area contributed by atoms with E-state index in [0.717, 1.165) is 18.5 Å². The Morgan fingerprint density at radius 3 is 2.69 bits per heavy atom. The maximum absolute atomic E-state index is 5.68. The fourth-order valence-corrected chi connectivity index (χ4v) is 1.43. The molecule has 0 unspecified atom stereocenters. The van der Waals surface area contributed by atoms with Crippen molar-refractivity contribution < 1.29 is 0 Å². The van der Waals surface area contributed by atoms with Crippen LogP contribution in [-0.2, 0) is 6.42 Å². The zero-order valence-corrected chi connectivity index (χ0v) is 8.13. The van der Waals surface area contributed by atoms with Gasteiger partial charge in [0, 0.05) is 5.69 Å². The molecule has 0 aromatic heterocycles. The Morgan fingerprint density at radius 2 is 2.00 bits per heavy atom. The zero-order valence-electron chi connectivity index (χ0n) is 8.13. The third-order valence-corrected chi connectivity index (χ3v) is 2.17. The monoisotopic (exact) mass is 176 g/mol. The molecule has 0 aliphatic carbocycles. The molecule has 71 valence electrons. The van der Waals surface area contributed by atoms with Gasteiger partial charge in [-0.2, -0.15) is 0 Å². The van der Waals surface area contributed by atoms with Crippen molar-refractivity contribution in [2.45, 2.75) is 32.1 Å². The molecule has 1 aromatic rings. The molecule has 0 saturated carbocycles. The van der Waals surface area contributed by atoms with Gasteiger partial charge >= 0.3 is 0 Å². The molecule has 2 N–H and O–H groups in total. The number of hydrogen-bond acceptors (Lipinski definition) is 1. The number of nitrogens with two attached hydrogens (primary N) is 1. The normalized spacial score (nSPS) is 10.2. The quantitative estimate of drug-likeness (QED) is 0.541. The molecule has 0 fully saturated rings. The SMILES string of the molecule is [CH2]CCCCCc1cccc(N)c1. The van der Waals surface area contributed by atoms with Crippen LogP contribution >= 0.6 is 0 Å². The van der Waals surface area contributed by atoms with E-state index < -0.39 is 0 Å². The molecule has 0 aliphatic rings. The Kier molecular flexibility index (Phi) is 4.37. The van der Waals surface area contributed by atoms with E-state index in [-0.39, 0.29) is 0 Å². The van der Waals surface area contributed by atoms with E-state index >= 15 is 0 Å². The van der Waals surface area contributed by atoms with Crippen molar-refractivity contribution >= 4 is 5.69 Å². The smallest absolute Gasteiger partial charge is 0.0316 e. The molecular weight excluding hydrogens is 158 g/mol. The highest BCUT2D eigenvalue weighted by Crippen LogP contribution is 2.10. The van der Waals surface area contributed by atoms with Crippen molar-refractivity contribution in [1.29, 1.82) is 0 Å². The first-order chi connectivity index (χ1) is 6.33. The standard InChI is InChI=1S/C12H18N/c1-2-3-4-5-7-11-8-6-9-12(13)10-11/h6,8-10H,1-5,7,13H2. The molecule has 1 radical (unpaired) electrons. The zero-order chi connectivity index (χ0) is 9.52. The average Bonchev–Trinajstić information content (AvgIpc) is 2.13. The van der Waals surface area contributed by atoms with Crippen LogP contribution in [0.5, 0.6) is 0 Å². The first kappa shape index (κ1) is 10.1. The highest BCUT2D eigenvalue weighted by Gasteiger charge is 1.93. The second-order valence-electron chi connectivity index (χ2n) is 3.41. The summed E-state index contributed by atoms with van der Waals surface area (Å²) >= 11 is 0. The van der Waals surface area contributed by atoms with Crippen molar-refractivity contribution in [3.8, 4) is 0 Å². The van der Waals surface area contributed by atoms with Gasteiger partial charge in [-0.1, -0.05) is 38.3 Å². The molecule has 0 bridgehead atoms. The maximum atomic E-state index is 5.68. The lowest BCUT2D eigenvalue weighted by Gasteiger charge is -2.01. The molecule has 1 rings (SSSR count). The molecule has 1 aromatic carbocycles. The summed E-state index contributed by atoms with van der Waals surface area (Å²) in [5.74, 6) is 0. The lowest BCUT2D eigenvalue weighted by Crippen LogP contribution is -1.89. The lowest BCUT2D eigenvalue weighted by atomic mass is 10.1. The summed E-state index contributed by atoms with van der Waals surface area (Å²) in [6, 6.07) is 8.15. The first-order valence-electron chi connectivity index (χ1n) is 4.96. The predicted molar refractivity (Wildman–Crippen MR) is 58.4 cm³/mol. The van der Waals surface area contributed by atoms with Crippen LogP contribution < -0.4 is 5.73 Å². The van der Waals surface area contributed by atoms with Crippen LogP contribution in [0.15, 0.2) is 24.3 Å². The van der Waals surface area contributed by atoms with E-state index in [1.54, 1.807) is 0 Å². The highest BCUT2D eigenvalue weighted by atomic mass is 14.5. The molecular formula is C12H18N. The average molecular weight is 176 g/mol. The van der Waals surface area contributed by atoms with Crippen LogP contribution in [0.25, 0.3) is 0 Å². The van der Waals surface area contributed by atoms with E-state index in [4.69, 9.17) is 5.73 Å². The number of rotatable bonds is 5. The summed E-state index contributed by atoms with van der Waals surface area (Å²) in [4.78, 5) is 0. The van der Waals surface area contributed by atoms with E-state index in [2.05, 4.69) is 19.1 Å². The number of benzene rings is 1. The van der Waals surface area contributed by atoms with Crippen LogP contribution in [0.2, 0.25) is 0 Å². The van der Waals surface area contributed by atoms with Crippen molar-refractivity contribution in [3.63, 3.8) is 0 Å². The summed E-state index contributed by atoms with van der Waals surface area (Å²) in [7, 11) is 0. The molecule has 1 heteroatoms. The van der Waals surface area contributed by atoms with E-state index in [0.29, 0.717) is 0 Å². The van der Waals surface area contributed by atoms with Crippen molar-refractivity contribution in [1.82, 2.24) is 0 Å². The summed E-state index contributed by atoms with van der Waals surface area (Å²) in [5.41, 5.74) is 7.90. The lowest BCUT2D eigenvalue weighted by molar-refractivity contribution is 0.686. The van der Waals surface area contributed by atoms with Gasteiger partial charge in [0.15, 0.2) is 0 Å². The third-order valence-electron chi connectivity index (χ3n) is 2.17. The molecule has 0 amide bonds. The number of hydrogen-bond donors (Lipinski definition) is 1. The number of anilines is 1. The summed E-state index contributed by atoms with van der Waals surface area (Å²) < 4.78 is 0. The van der Waals surface area contributed by atoms with Gasteiger partial charge in [-0.05, 0) is 30.5 Å². The van der Waals surface area contributed by atoms with Gasteiger partial charge < -0.3 is 5.73 Å². The second-order valence-corrected chi connectivity index (χ2v) is 3.41. The van der Waals surface area contributed by atoms with Crippen LogP contribution in [0.4, 0.5) is 5.69 Å². The minimum absolute atomic E-state index is 0.870. The Bertz CT molecular complexity index is 243. The number of nitrogen functional groups attached to an aromatic ring is 1. The van der Waals surface area contributed by atoms with E-state index in [9.17, 15) is 0 Å². The maximum Gasteiger partial charge on any atom is 0.0316 e. The van der Waals surface area contributed by atoms with Gasteiger partial charge in [0.1, 0.15) is 0 Å². The van der Waals surface area contributed by atoms with Gasteiger partial charge in [-0.15, -0.1) is 0 Å². The molecule has 0 aliphatic heterocycles. The Hall–Kier alpha value is -0.980. The summed E-state index contributed by atoms with van der Waals surface area (Å²) in [6.07, 6.45) is 5.96. The minimum atomic E-state index is 0.870. The second kappa shape index (κ2) is 5.63. The van der Waals surface area contributed by atoms with Gasteiger partial charge in [0.2, 0.25) is 0 Å². The van der Waals surface area contributed by atoms with Gasteiger partial charge in [-0.25, -0.2) is 0 Å². The van der Waals surface area contributed by atoms with Crippen LogP contribution in [0.1, 0.15) is 31.2 Å².